The van der Waals surface area contributed by atoms with Crippen molar-refractivity contribution in [1.82, 2.24) is 9.88 Å². The summed E-state index contributed by atoms with van der Waals surface area (Å²) in [5.74, 6) is 1.11. The molecule has 2 aromatic heterocycles. The molecule has 0 spiro atoms. The number of carbonyl (C=O) groups is 1. The highest BCUT2D eigenvalue weighted by atomic mass is 32.1. The number of fused-ring (bicyclic) bond motifs is 2. The number of carbonyl (C=O) groups excluding carboxylic acids is 1. The molecule has 5 nitrogen and oxygen atoms in total. The standard InChI is InChI=1S/C20H24N2O3S/c1-24-17-8-7-14-11-16(17)18(25-19-6-2-3-9-21-19)13-22(14)20(23)12-15-5-4-10-26-15/h2-6,9-10,14,16-18H,7-8,11-13H2,1H3/t14-,16-,17+,18-/m0/s1. The fraction of sp³-hybridized carbons (Fsp3) is 0.500. The quantitative estimate of drug-likeness (QED) is 0.809. The molecule has 1 aliphatic heterocycles. The second-order valence-corrected chi connectivity index (χ2v) is 8.06. The van der Waals surface area contributed by atoms with Gasteiger partial charge in [0.1, 0.15) is 6.10 Å². The first kappa shape index (κ1) is 17.5. The third-order valence-corrected chi connectivity index (χ3v) is 6.42. The zero-order valence-electron chi connectivity index (χ0n) is 14.9. The maximum atomic E-state index is 12.9. The molecule has 1 saturated heterocycles. The predicted octanol–water partition coefficient (Wildman–Crippen LogP) is 3.16. The maximum absolute atomic E-state index is 12.9. The molecule has 2 bridgehead atoms. The Morgan fingerprint density at radius 2 is 2.19 bits per heavy atom. The third-order valence-electron chi connectivity index (χ3n) is 5.54. The number of rotatable bonds is 5. The molecule has 0 radical (unpaired) electrons. The minimum Gasteiger partial charge on any atom is -0.472 e. The first-order valence-corrected chi connectivity index (χ1v) is 10.0. The van der Waals surface area contributed by atoms with Crippen LogP contribution in [-0.4, -0.2) is 47.7 Å². The summed E-state index contributed by atoms with van der Waals surface area (Å²) >= 11 is 1.64. The van der Waals surface area contributed by atoms with Gasteiger partial charge >= 0.3 is 0 Å². The SMILES string of the molecule is CO[C@@H]1CC[C@H]2C[C@@H]1[C@@H](Oc1ccccn1)CN2C(=O)Cc1cccs1. The monoisotopic (exact) mass is 372 g/mol. The van der Waals surface area contributed by atoms with Crippen molar-refractivity contribution in [2.24, 2.45) is 5.92 Å². The summed E-state index contributed by atoms with van der Waals surface area (Å²) in [5, 5.41) is 2.02. The smallest absolute Gasteiger partial charge is 0.228 e. The van der Waals surface area contributed by atoms with E-state index in [1.807, 2.05) is 40.6 Å². The number of piperidine rings is 1. The van der Waals surface area contributed by atoms with Gasteiger partial charge in [0.25, 0.3) is 0 Å². The molecule has 26 heavy (non-hydrogen) atoms. The number of methoxy groups -OCH3 is 1. The number of aromatic nitrogens is 1. The summed E-state index contributed by atoms with van der Waals surface area (Å²) in [6, 6.07) is 9.98. The third kappa shape index (κ3) is 3.62. The van der Waals surface area contributed by atoms with E-state index in [1.54, 1.807) is 24.6 Å². The molecular weight excluding hydrogens is 348 g/mol. The van der Waals surface area contributed by atoms with E-state index in [0.29, 0.717) is 30.8 Å². The van der Waals surface area contributed by atoms with Gasteiger partial charge < -0.3 is 14.4 Å². The van der Waals surface area contributed by atoms with E-state index in [2.05, 4.69) is 4.98 Å². The molecule has 2 fully saturated rings. The number of hydrogen-bond acceptors (Lipinski definition) is 5. The van der Waals surface area contributed by atoms with Crippen LogP contribution in [0.5, 0.6) is 5.88 Å². The molecule has 138 valence electrons. The molecule has 0 aromatic carbocycles. The number of hydrogen-bond donors (Lipinski definition) is 0. The van der Waals surface area contributed by atoms with Crippen LogP contribution in [0, 0.1) is 5.92 Å². The number of thiophene rings is 1. The van der Waals surface area contributed by atoms with Crippen LogP contribution in [0.25, 0.3) is 0 Å². The number of nitrogens with zero attached hydrogens (tertiary/aromatic N) is 2. The van der Waals surface area contributed by atoms with Gasteiger partial charge in [-0.2, -0.15) is 0 Å². The van der Waals surface area contributed by atoms with Crippen LogP contribution >= 0.6 is 11.3 Å². The largest absolute Gasteiger partial charge is 0.472 e. The van der Waals surface area contributed by atoms with E-state index in [9.17, 15) is 4.79 Å². The Kier molecular flexibility index (Phi) is 5.22. The molecule has 0 unspecified atom stereocenters. The summed E-state index contributed by atoms with van der Waals surface area (Å²) in [7, 11) is 1.77. The van der Waals surface area contributed by atoms with Gasteiger partial charge in [-0.1, -0.05) is 12.1 Å². The number of likely N-dealkylation sites (tertiary alicyclic amines) is 1. The van der Waals surface area contributed by atoms with Crippen LogP contribution < -0.4 is 4.74 Å². The van der Waals surface area contributed by atoms with Crippen LogP contribution in [-0.2, 0) is 16.0 Å². The Morgan fingerprint density at radius 1 is 1.27 bits per heavy atom. The van der Waals surface area contributed by atoms with E-state index in [4.69, 9.17) is 9.47 Å². The number of ether oxygens (including phenoxy) is 2. The Balaban J connectivity index is 1.52. The Labute approximate surface area is 157 Å². The van der Waals surface area contributed by atoms with E-state index < -0.39 is 0 Å². The van der Waals surface area contributed by atoms with Crippen LogP contribution in [0.1, 0.15) is 24.1 Å². The average molecular weight is 372 g/mol. The van der Waals surface area contributed by atoms with Crippen molar-refractivity contribution < 1.29 is 14.3 Å². The summed E-state index contributed by atoms with van der Waals surface area (Å²) < 4.78 is 11.9. The molecule has 2 aromatic rings. The first-order chi connectivity index (χ1) is 12.7. The van der Waals surface area contributed by atoms with Gasteiger partial charge in [-0.15, -0.1) is 11.3 Å². The van der Waals surface area contributed by atoms with Crippen LogP contribution in [0.2, 0.25) is 0 Å². The van der Waals surface area contributed by atoms with Gasteiger partial charge in [0.05, 0.1) is 19.1 Å². The lowest BCUT2D eigenvalue weighted by Crippen LogP contribution is -2.59. The highest BCUT2D eigenvalue weighted by Gasteiger charge is 2.46. The van der Waals surface area contributed by atoms with Crippen molar-refractivity contribution in [3.8, 4) is 5.88 Å². The second-order valence-electron chi connectivity index (χ2n) is 7.03. The Bertz CT molecular complexity index is 722. The van der Waals surface area contributed by atoms with Crippen molar-refractivity contribution in [3.63, 3.8) is 0 Å². The molecular formula is C20H24N2O3S. The average Bonchev–Trinajstić information content (AvgIpc) is 3.18. The van der Waals surface area contributed by atoms with Gasteiger partial charge in [0.2, 0.25) is 11.8 Å². The van der Waals surface area contributed by atoms with Gasteiger partial charge in [-0.3, -0.25) is 4.79 Å². The highest BCUT2D eigenvalue weighted by Crippen LogP contribution is 2.38. The molecule has 1 amide bonds. The van der Waals surface area contributed by atoms with Gasteiger partial charge in [0, 0.05) is 36.2 Å². The highest BCUT2D eigenvalue weighted by molar-refractivity contribution is 7.10. The molecule has 6 heteroatoms. The topological polar surface area (TPSA) is 51.7 Å². The lowest BCUT2D eigenvalue weighted by molar-refractivity contribution is -0.147. The normalized spacial score (nSPS) is 28.0. The van der Waals surface area contributed by atoms with Crippen molar-refractivity contribution in [3.05, 3.63) is 46.8 Å². The van der Waals surface area contributed by atoms with Crippen LogP contribution in [0.4, 0.5) is 0 Å². The minimum atomic E-state index is -0.0846. The minimum absolute atomic E-state index is 0.0846. The zero-order chi connectivity index (χ0) is 17.9. The molecule has 3 heterocycles. The summed E-state index contributed by atoms with van der Waals surface area (Å²) in [6.07, 6.45) is 5.22. The maximum Gasteiger partial charge on any atom is 0.228 e. The molecule has 0 N–H and O–H groups in total. The van der Waals surface area contributed by atoms with E-state index in [1.165, 1.54) is 0 Å². The van der Waals surface area contributed by atoms with E-state index in [-0.39, 0.29) is 18.1 Å². The molecule has 1 aliphatic carbocycles. The number of pyridine rings is 1. The lowest BCUT2D eigenvalue weighted by atomic mass is 9.75. The van der Waals surface area contributed by atoms with Gasteiger partial charge in [0.15, 0.2) is 0 Å². The fourth-order valence-corrected chi connectivity index (χ4v) is 4.96. The first-order valence-electron chi connectivity index (χ1n) is 9.17. The van der Waals surface area contributed by atoms with Gasteiger partial charge in [-0.05, 0) is 36.8 Å². The Morgan fingerprint density at radius 3 is 2.92 bits per heavy atom. The van der Waals surface area contributed by atoms with E-state index in [0.717, 1.165) is 24.1 Å². The molecule has 2 aliphatic rings. The van der Waals surface area contributed by atoms with E-state index >= 15 is 0 Å². The molecule has 1 saturated carbocycles. The summed E-state index contributed by atoms with van der Waals surface area (Å²) in [5.41, 5.74) is 0. The fourth-order valence-electron chi connectivity index (χ4n) is 4.27. The Hall–Kier alpha value is -1.92. The second kappa shape index (κ2) is 7.76. The van der Waals surface area contributed by atoms with Crippen molar-refractivity contribution in [2.75, 3.05) is 13.7 Å². The van der Waals surface area contributed by atoms with Gasteiger partial charge in [-0.25, -0.2) is 4.98 Å². The van der Waals surface area contributed by atoms with Crippen LogP contribution in [0.3, 0.4) is 0 Å². The van der Waals surface area contributed by atoms with Crippen molar-refractivity contribution in [1.29, 1.82) is 0 Å². The summed E-state index contributed by atoms with van der Waals surface area (Å²) in [6.45, 7) is 0.607. The lowest BCUT2D eigenvalue weighted by Gasteiger charge is -2.49. The summed E-state index contributed by atoms with van der Waals surface area (Å²) in [4.78, 5) is 20.4. The van der Waals surface area contributed by atoms with Crippen molar-refractivity contribution in [2.45, 2.75) is 43.9 Å². The zero-order valence-corrected chi connectivity index (χ0v) is 15.7. The predicted molar refractivity (Wildman–Crippen MR) is 100 cm³/mol. The van der Waals surface area contributed by atoms with Crippen LogP contribution in [0.15, 0.2) is 41.9 Å². The number of amides is 1. The molecule has 4 rings (SSSR count). The van der Waals surface area contributed by atoms with Crippen molar-refractivity contribution >= 4 is 17.2 Å². The molecule has 4 atom stereocenters.